The highest BCUT2D eigenvalue weighted by Crippen LogP contribution is 2.53. The van der Waals surface area contributed by atoms with Crippen LogP contribution in [0, 0.1) is 0 Å². The second-order valence-corrected chi connectivity index (χ2v) is 15.7. The van der Waals surface area contributed by atoms with Crippen molar-refractivity contribution >= 4 is 50.8 Å². The van der Waals surface area contributed by atoms with Crippen LogP contribution < -0.4 is 10.4 Å². The Labute approximate surface area is 201 Å². The van der Waals surface area contributed by atoms with Crippen LogP contribution in [0.2, 0.25) is 13.1 Å². The van der Waals surface area contributed by atoms with E-state index in [1.54, 1.807) is 10.4 Å². The molecular weight excluding hydrogens is 424 g/mol. The summed E-state index contributed by atoms with van der Waals surface area (Å²) >= 11 is 0. The lowest BCUT2D eigenvalue weighted by Gasteiger charge is -2.26. The SMILES string of the molecule is CC1(C)c2ccccc2-c2cc3ccc4c5c(cc6ccc(c21)c3c64)-c1ccccc1[Si]5(C)C. The van der Waals surface area contributed by atoms with Crippen LogP contribution in [0.25, 0.3) is 54.6 Å². The smallest absolute Gasteiger partial charge is 0.0623 e. The molecule has 0 radical (unpaired) electrons. The van der Waals surface area contributed by atoms with Gasteiger partial charge in [0.15, 0.2) is 0 Å². The fourth-order valence-corrected chi connectivity index (χ4v) is 11.0. The van der Waals surface area contributed by atoms with Gasteiger partial charge in [-0.25, -0.2) is 0 Å². The number of hydrogen-bond acceptors (Lipinski definition) is 0. The normalized spacial score (nSPS) is 16.7. The van der Waals surface area contributed by atoms with Crippen molar-refractivity contribution < 1.29 is 0 Å². The molecule has 0 atom stereocenters. The molecule has 0 saturated carbocycles. The van der Waals surface area contributed by atoms with Crippen LogP contribution >= 0.6 is 0 Å². The van der Waals surface area contributed by atoms with Gasteiger partial charge in [0.1, 0.15) is 8.07 Å². The van der Waals surface area contributed by atoms with Gasteiger partial charge in [0, 0.05) is 5.41 Å². The van der Waals surface area contributed by atoms with Crippen LogP contribution in [-0.4, -0.2) is 8.07 Å². The lowest BCUT2D eigenvalue weighted by molar-refractivity contribution is 0.666. The van der Waals surface area contributed by atoms with Gasteiger partial charge in [-0.3, -0.25) is 0 Å². The summed E-state index contributed by atoms with van der Waals surface area (Å²) < 4.78 is 0. The summed E-state index contributed by atoms with van der Waals surface area (Å²) in [6.07, 6.45) is 0. The molecule has 8 rings (SSSR count). The average Bonchev–Trinajstić information content (AvgIpc) is 3.22. The Balaban J connectivity index is 1.57. The fourth-order valence-electron chi connectivity index (χ4n) is 7.52. The summed E-state index contributed by atoms with van der Waals surface area (Å²) in [5, 5.41) is 11.8. The van der Waals surface area contributed by atoms with Crippen molar-refractivity contribution in [2.45, 2.75) is 32.4 Å². The van der Waals surface area contributed by atoms with Crippen molar-refractivity contribution in [1.29, 1.82) is 0 Å². The number of rotatable bonds is 0. The van der Waals surface area contributed by atoms with E-state index >= 15 is 0 Å². The lowest BCUT2D eigenvalue weighted by Crippen LogP contribution is -2.49. The molecule has 1 aliphatic carbocycles. The number of fused-ring (bicyclic) bond motifs is 8. The van der Waals surface area contributed by atoms with E-state index in [1.807, 2.05) is 0 Å². The first-order valence-corrected chi connectivity index (χ1v) is 15.4. The Morgan fingerprint density at radius 2 is 1.21 bits per heavy atom. The fraction of sp³-hybridized carbons (Fsp3) is 0.152. The molecular formula is C33H26Si. The minimum Gasteiger partial charge on any atom is -0.0623 e. The van der Waals surface area contributed by atoms with Crippen LogP contribution in [0.1, 0.15) is 25.0 Å². The van der Waals surface area contributed by atoms with E-state index in [1.165, 1.54) is 65.7 Å². The maximum absolute atomic E-state index is 2.53. The van der Waals surface area contributed by atoms with Crippen LogP contribution in [0.3, 0.4) is 0 Å². The predicted octanol–water partition coefficient (Wildman–Crippen LogP) is 7.69. The predicted molar refractivity (Wildman–Crippen MR) is 150 cm³/mol. The highest BCUT2D eigenvalue weighted by molar-refractivity contribution is 7.05. The van der Waals surface area contributed by atoms with Crippen molar-refractivity contribution in [1.82, 2.24) is 0 Å². The minimum absolute atomic E-state index is 0.000439. The molecule has 6 aromatic rings. The van der Waals surface area contributed by atoms with E-state index in [4.69, 9.17) is 0 Å². The third kappa shape index (κ3) is 1.99. The molecule has 0 N–H and O–H groups in total. The summed E-state index contributed by atoms with van der Waals surface area (Å²) in [7, 11) is -1.77. The quantitative estimate of drug-likeness (QED) is 0.164. The molecule has 1 aliphatic heterocycles. The highest BCUT2D eigenvalue weighted by Gasteiger charge is 2.40. The third-order valence-electron chi connectivity index (χ3n) is 8.93. The topological polar surface area (TPSA) is 0 Å². The average molecular weight is 451 g/mol. The van der Waals surface area contributed by atoms with Gasteiger partial charge in [-0.15, -0.1) is 0 Å². The van der Waals surface area contributed by atoms with E-state index in [0.29, 0.717) is 0 Å². The molecule has 0 fully saturated rings. The molecule has 0 nitrogen and oxygen atoms in total. The summed E-state index contributed by atoms with van der Waals surface area (Å²) in [6.45, 7) is 9.87. The van der Waals surface area contributed by atoms with E-state index in [0.717, 1.165) is 0 Å². The Hall–Kier alpha value is -3.42. The molecule has 0 aromatic heterocycles. The number of benzene rings is 6. The van der Waals surface area contributed by atoms with Gasteiger partial charge < -0.3 is 0 Å². The zero-order chi connectivity index (χ0) is 23.0. The first-order chi connectivity index (χ1) is 16.4. The molecule has 0 saturated heterocycles. The largest absolute Gasteiger partial charge is 0.114 e. The van der Waals surface area contributed by atoms with Crippen LogP contribution in [0.4, 0.5) is 0 Å². The molecule has 162 valence electrons. The first kappa shape index (κ1) is 18.9. The second kappa shape index (κ2) is 5.79. The standard InChI is InChI=1S/C33H26Si/c1-33(2)27-11-7-5-9-21(27)25-17-19-14-16-24-30-20(13-15-23(29(19)30)31(25)33)18-26-22-10-6-8-12-28(22)34(3,4)32(24)26/h5-18H,1-4H3. The van der Waals surface area contributed by atoms with Gasteiger partial charge >= 0.3 is 0 Å². The second-order valence-electron chi connectivity index (χ2n) is 11.4. The third-order valence-corrected chi connectivity index (χ3v) is 12.5. The Morgan fingerprint density at radius 3 is 2.00 bits per heavy atom. The van der Waals surface area contributed by atoms with Crippen LogP contribution in [-0.2, 0) is 5.41 Å². The zero-order valence-corrected chi connectivity index (χ0v) is 21.1. The Kier molecular flexibility index (Phi) is 3.23. The van der Waals surface area contributed by atoms with Crippen molar-refractivity contribution in [2.24, 2.45) is 0 Å². The molecule has 0 unspecified atom stereocenters. The highest BCUT2D eigenvalue weighted by atomic mass is 28.3. The van der Waals surface area contributed by atoms with E-state index < -0.39 is 8.07 Å². The zero-order valence-electron chi connectivity index (χ0n) is 20.1. The Morgan fingerprint density at radius 1 is 0.588 bits per heavy atom. The van der Waals surface area contributed by atoms with Crippen molar-refractivity contribution in [2.75, 3.05) is 0 Å². The van der Waals surface area contributed by atoms with Crippen molar-refractivity contribution in [3.8, 4) is 22.3 Å². The molecule has 1 heterocycles. The molecule has 6 aromatic carbocycles. The van der Waals surface area contributed by atoms with Gasteiger partial charge in [-0.1, -0.05) is 99.7 Å². The van der Waals surface area contributed by atoms with E-state index in [9.17, 15) is 0 Å². The van der Waals surface area contributed by atoms with Crippen molar-refractivity contribution in [3.05, 3.63) is 96.1 Å². The molecule has 1 heteroatoms. The molecule has 34 heavy (non-hydrogen) atoms. The van der Waals surface area contributed by atoms with Crippen molar-refractivity contribution in [3.63, 3.8) is 0 Å². The summed E-state index contributed by atoms with van der Waals surface area (Å²) in [4.78, 5) is 0. The Bertz CT molecular complexity index is 1710. The van der Waals surface area contributed by atoms with Gasteiger partial charge in [0.2, 0.25) is 0 Å². The lowest BCUT2D eigenvalue weighted by atomic mass is 9.78. The molecule has 0 amide bonds. The summed E-state index contributed by atoms with van der Waals surface area (Å²) in [5.74, 6) is 0. The molecule has 0 spiro atoms. The number of hydrogen-bond donors (Lipinski definition) is 0. The maximum atomic E-state index is 2.53. The molecule has 2 aliphatic rings. The summed E-state index contributed by atoms with van der Waals surface area (Å²) in [6, 6.07) is 32.7. The van der Waals surface area contributed by atoms with Crippen LogP contribution in [0.5, 0.6) is 0 Å². The van der Waals surface area contributed by atoms with Gasteiger partial charge in [-0.2, -0.15) is 0 Å². The van der Waals surface area contributed by atoms with Gasteiger partial charge in [0.25, 0.3) is 0 Å². The van der Waals surface area contributed by atoms with E-state index in [2.05, 4.69) is 112 Å². The summed E-state index contributed by atoms with van der Waals surface area (Å²) in [5.41, 5.74) is 8.69. The maximum Gasteiger partial charge on any atom is 0.114 e. The van der Waals surface area contributed by atoms with Gasteiger partial charge in [-0.05, 0) is 88.2 Å². The first-order valence-electron chi connectivity index (χ1n) is 12.4. The van der Waals surface area contributed by atoms with E-state index in [-0.39, 0.29) is 5.41 Å². The van der Waals surface area contributed by atoms with Crippen LogP contribution in [0.15, 0.2) is 84.9 Å². The minimum atomic E-state index is -1.77. The molecule has 0 bridgehead atoms. The van der Waals surface area contributed by atoms with Gasteiger partial charge in [0.05, 0.1) is 0 Å². The monoisotopic (exact) mass is 450 g/mol.